The Bertz CT molecular complexity index is 421. The van der Waals surface area contributed by atoms with E-state index in [9.17, 15) is 9.59 Å². The van der Waals surface area contributed by atoms with Crippen LogP contribution in [0.3, 0.4) is 0 Å². The lowest BCUT2D eigenvalue weighted by Gasteiger charge is -2.40. The molecule has 1 amide bonds. The highest BCUT2D eigenvalue weighted by Gasteiger charge is 2.51. The zero-order valence-corrected chi connectivity index (χ0v) is 12.9. The molecule has 1 saturated carbocycles. The highest BCUT2D eigenvalue weighted by atomic mass is 16.4. The maximum Gasteiger partial charge on any atom is 0.322 e. The smallest absolute Gasteiger partial charge is 0.322 e. The molecule has 3 atom stereocenters. The molecule has 114 valence electrons. The number of carbonyl (C=O) groups excluding carboxylic acids is 1. The molecule has 0 radical (unpaired) electrons. The number of hydrogen-bond donors (Lipinski definition) is 2. The van der Waals surface area contributed by atoms with Crippen molar-refractivity contribution < 1.29 is 14.7 Å². The first-order valence-corrected chi connectivity index (χ1v) is 7.37. The van der Waals surface area contributed by atoms with Crippen molar-refractivity contribution in [3.63, 3.8) is 0 Å². The monoisotopic (exact) mass is 282 g/mol. The fraction of sp³-hybridized carbons (Fsp3) is 0.867. The Morgan fingerprint density at radius 2 is 2.00 bits per heavy atom. The second-order valence-electron chi connectivity index (χ2n) is 7.67. The highest BCUT2D eigenvalue weighted by molar-refractivity contribution is 5.84. The molecule has 0 spiro atoms. The minimum Gasteiger partial charge on any atom is -0.480 e. The number of nitrogens with zero attached hydrogens (tertiary/aromatic N) is 1. The van der Waals surface area contributed by atoms with Gasteiger partial charge in [-0.25, -0.2) is 0 Å². The van der Waals surface area contributed by atoms with Crippen molar-refractivity contribution in [3.05, 3.63) is 0 Å². The van der Waals surface area contributed by atoms with E-state index in [1.807, 2.05) is 6.92 Å². The first-order chi connectivity index (χ1) is 9.12. The molecule has 0 aromatic rings. The van der Waals surface area contributed by atoms with Crippen molar-refractivity contribution in [1.82, 2.24) is 10.2 Å². The Morgan fingerprint density at radius 1 is 1.35 bits per heavy atom. The lowest BCUT2D eigenvalue weighted by atomic mass is 9.65. The lowest BCUT2D eigenvalue weighted by Crippen LogP contribution is -2.48. The van der Waals surface area contributed by atoms with Crippen LogP contribution in [0.1, 0.15) is 47.0 Å². The Kier molecular flexibility index (Phi) is 3.84. The number of aliphatic carboxylic acids is 1. The van der Waals surface area contributed by atoms with Gasteiger partial charge in [0.05, 0.1) is 6.04 Å². The summed E-state index contributed by atoms with van der Waals surface area (Å²) >= 11 is 0. The zero-order valence-electron chi connectivity index (χ0n) is 12.9. The van der Waals surface area contributed by atoms with E-state index in [4.69, 9.17) is 5.11 Å². The summed E-state index contributed by atoms with van der Waals surface area (Å²) in [6.45, 7) is 9.43. The molecule has 5 heteroatoms. The van der Waals surface area contributed by atoms with Crippen LogP contribution < -0.4 is 5.32 Å². The van der Waals surface area contributed by atoms with Crippen LogP contribution in [0.15, 0.2) is 0 Å². The number of fused-ring (bicyclic) bond motifs is 2. The Hall–Kier alpha value is -1.10. The average molecular weight is 282 g/mol. The van der Waals surface area contributed by atoms with Gasteiger partial charge in [-0.3, -0.25) is 14.5 Å². The normalized spacial score (nSPS) is 33.7. The van der Waals surface area contributed by atoms with Gasteiger partial charge in [0.2, 0.25) is 5.91 Å². The maximum absolute atomic E-state index is 12.1. The van der Waals surface area contributed by atoms with E-state index in [2.05, 4.69) is 31.0 Å². The molecule has 20 heavy (non-hydrogen) atoms. The van der Waals surface area contributed by atoms with Crippen LogP contribution in [0.2, 0.25) is 0 Å². The summed E-state index contributed by atoms with van der Waals surface area (Å²) in [6.07, 6.45) is 3.45. The molecular weight excluding hydrogens is 256 g/mol. The number of nitrogens with one attached hydrogen (secondary N) is 1. The minimum absolute atomic E-state index is 0.179. The van der Waals surface area contributed by atoms with E-state index >= 15 is 0 Å². The minimum atomic E-state index is -1.00. The van der Waals surface area contributed by atoms with Crippen molar-refractivity contribution >= 4 is 11.9 Å². The predicted octanol–water partition coefficient (Wildman–Crippen LogP) is 1.48. The molecule has 3 unspecified atom stereocenters. The predicted molar refractivity (Wildman–Crippen MR) is 76.3 cm³/mol. The summed E-state index contributed by atoms with van der Waals surface area (Å²) in [5.41, 5.74) is 0.609. The van der Waals surface area contributed by atoms with Gasteiger partial charge >= 0.3 is 5.97 Å². The summed E-state index contributed by atoms with van der Waals surface area (Å²) in [5, 5.41) is 11.1. The van der Waals surface area contributed by atoms with Gasteiger partial charge in [0.15, 0.2) is 0 Å². The lowest BCUT2D eigenvalue weighted by molar-refractivity contribution is -0.138. The van der Waals surface area contributed by atoms with Gasteiger partial charge in [0, 0.05) is 12.6 Å². The van der Waals surface area contributed by atoms with Gasteiger partial charge in [-0.15, -0.1) is 0 Å². The molecule has 1 aliphatic carbocycles. The third-order valence-corrected chi connectivity index (χ3v) is 4.75. The molecule has 1 heterocycles. The van der Waals surface area contributed by atoms with E-state index in [1.54, 1.807) is 0 Å². The van der Waals surface area contributed by atoms with Gasteiger partial charge in [-0.1, -0.05) is 20.8 Å². The number of carbonyl (C=O) groups is 2. The van der Waals surface area contributed by atoms with Crippen LogP contribution in [0.4, 0.5) is 0 Å². The number of carboxylic acids is 1. The molecule has 0 aromatic heterocycles. The SMILES string of the molecule is CC(C(=O)NCC(=O)O)N1CC2(C)CC1CC(C)(C)C2. The fourth-order valence-electron chi connectivity index (χ4n) is 4.42. The van der Waals surface area contributed by atoms with E-state index in [1.165, 1.54) is 6.42 Å². The molecule has 5 nitrogen and oxygen atoms in total. The van der Waals surface area contributed by atoms with Crippen molar-refractivity contribution in [1.29, 1.82) is 0 Å². The van der Waals surface area contributed by atoms with Crippen molar-refractivity contribution in [3.8, 4) is 0 Å². The average Bonchev–Trinajstić information content (AvgIpc) is 2.54. The van der Waals surface area contributed by atoms with E-state index in [0.717, 1.165) is 19.4 Å². The summed E-state index contributed by atoms with van der Waals surface area (Å²) in [4.78, 5) is 24.9. The van der Waals surface area contributed by atoms with Crippen molar-refractivity contribution in [2.24, 2.45) is 10.8 Å². The maximum atomic E-state index is 12.1. The fourth-order valence-corrected chi connectivity index (χ4v) is 4.42. The number of likely N-dealkylation sites (tertiary alicyclic amines) is 1. The van der Waals surface area contributed by atoms with Gasteiger partial charge in [0.1, 0.15) is 6.54 Å². The Morgan fingerprint density at radius 3 is 2.60 bits per heavy atom. The molecule has 2 N–H and O–H groups in total. The Balaban J connectivity index is 2.03. The van der Waals surface area contributed by atoms with Crippen LogP contribution >= 0.6 is 0 Å². The summed E-state index contributed by atoms with van der Waals surface area (Å²) < 4.78 is 0. The molecule has 2 aliphatic rings. The third kappa shape index (κ3) is 3.14. The number of hydrogen-bond acceptors (Lipinski definition) is 3. The van der Waals surface area contributed by atoms with E-state index in [-0.39, 0.29) is 23.9 Å². The quantitative estimate of drug-likeness (QED) is 0.819. The molecular formula is C15H26N2O3. The van der Waals surface area contributed by atoms with E-state index in [0.29, 0.717) is 11.5 Å². The molecule has 2 bridgehead atoms. The van der Waals surface area contributed by atoms with Crippen LogP contribution in [0.25, 0.3) is 0 Å². The number of carboxylic acid groups (broad SMARTS) is 1. The van der Waals surface area contributed by atoms with Crippen molar-refractivity contribution in [2.45, 2.75) is 59.0 Å². The van der Waals surface area contributed by atoms with Gasteiger partial charge in [-0.2, -0.15) is 0 Å². The van der Waals surface area contributed by atoms with Gasteiger partial charge < -0.3 is 10.4 Å². The first kappa shape index (κ1) is 15.3. The highest BCUT2D eigenvalue weighted by Crippen LogP contribution is 2.52. The van der Waals surface area contributed by atoms with Crippen LogP contribution in [-0.4, -0.2) is 47.1 Å². The zero-order chi connectivity index (χ0) is 15.1. The van der Waals surface area contributed by atoms with Crippen LogP contribution in [0, 0.1) is 10.8 Å². The summed E-state index contributed by atoms with van der Waals surface area (Å²) in [6, 6.07) is 0.185. The van der Waals surface area contributed by atoms with Crippen LogP contribution in [0.5, 0.6) is 0 Å². The number of amides is 1. The first-order valence-electron chi connectivity index (χ1n) is 7.37. The second kappa shape index (κ2) is 5.02. The largest absolute Gasteiger partial charge is 0.480 e. The second-order valence-corrected chi connectivity index (χ2v) is 7.67. The summed E-state index contributed by atoms with van der Waals surface area (Å²) in [7, 11) is 0. The topological polar surface area (TPSA) is 69.6 Å². The summed E-state index contributed by atoms with van der Waals surface area (Å²) in [5.74, 6) is -1.18. The van der Waals surface area contributed by atoms with Crippen LogP contribution in [-0.2, 0) is 9.59 Å². The molecule has 0 aromatic carbocycles. The molecule has 1 saturated heterocycles. The number of rotatable bonds is 4. The Labute approximate surface area is 120 Å². The third-order valence-electron chi connectivity index (χ3n) is 4.75. The molecule has 2 rings (SSSR count). The molecule has 2 fully saturated rings. The van der Waals surface area contributed by atoms with E-state index < -0.39 is 5.97 Å². The standard InChI is InChI=1S/C15H26N2O3/c1-10(13(20)16-7-12(18)19)17-9-15(4)6-11(17)5-14(2,3)8-15/h10-11H,5-9H2,1-4H3,(H,16,20)(H,18,19). The van der Waals surface area contributed by atoms with Crippen molar-refractivity contribution in [2.75, 3.05) is 13.1 Å². The molecule has 1 aliphatic heterocycles. The van der Waals surface area contributed by atoms with Gasteiger partial charge in [0.25, 0.3) is 0 Å². The van der Waals surface area contributed by atoms with Gasteiger partial charge in [-0.05, 0) is 37.0 Å².